The Labute approximate surface area is 162 Å². The summed E-state index contributed by atoms with van der Waals surface area (Å²) in [6.45, 7) is 6.85. The lowest BCUT2D eigenvalue weighted by Gasteiger charge is -2.52. The van der Waals surface area contributed by atoms with Gasteiger partial charge >= 0.3 is 0 Å². The molecule has 1 N–H and O–H groups in total. The minimum Gasteiger partial charge on any atom is -0.491 e. The van der Waals surface area contributed by atoms with Gasteiger partial charge in [-0.1, -0.05) is 18.6 Å². The van der Waals surface area contributed by atoms with Crippen LogP contribution >= 0.6 is 0 Å². The average Bonchev–Trinajstić information content (AvgIpc) is 3.04. The number of fused-ring (bicyclic) bond motifs is 2. The van der Waals surface area contributed by atoms with Gasteiger partial charge in [0.15, 0.2) is 0 Å². The first-order valence-electron chi connectivity index (χ1n) is 10.1. The molecule has 0 amide bonds. The van der Waals surface area contributed by atoms with E-state index in [0.717, 1.165) is 44.0 Å². The van der Waals surface area contributed by atoms with Crippen LogP contribution in [0, 0.1) is 11.8 Å². The van der Waals surface area contributed by atoms with Gasteiger partial charge in [0.1, 0.15) is 17.2 Å². The largest absolute Gasteiger partial charge is 0.491 e. The van der Waals surface area contributed by atoms with Crippen molar-refractivity contribution >= 4 is 0 Å². The SMILES string of the molecule is CC(C)Oc1ccc(CN2CC3CCCC(C2)C3(O)c2nccn2C)cc1. The molecule has 5 nitrogen and oxygen atoms in total. The zero-order chi connectivity index (χ0) is 19.0. The molecule has 2 aromatic rings. The highest BCUT2D eigenvalue weighted by molar-refractivity contribution is 5.27. The molecule has 5 heteroatoms. The van der Waals surface area contributed by atoms with Gasteiger partial charge in [-0.05, 0) is 44.4 Å². The molecule has 27 heavy (non-hydrogen) atoms. The molecule has 0 spiro atoms. The quantitative estimate of drug-likeness (QED) is 0.878. The van der Waals surface area contributed by atoms with Crippen molar-refractivity contribution in [1.82, 2.24) is 14.5 Å². The number of piperidine rings is 1. The van der Waals surface area contributed by atoms with E-state index >= 15 is 0 Å². The number of likely N-dealkylation sites (tertiary alicyclic amines) is 1. The van der Waals surface area contributed by atoms with E-state index in [0.29, 0.717) is 0 Å². The molecular formula is C22H31N3O2. The summed E-state index contributed by atoms with van der Waals surface area (Å²) in [5.41, 5.74) is 0.508. The van der Waals surface area contributed by atoms with Gasteiger partial charge in [-0.15, -0.1) is 0 Å². The van der Waals surface area contributed by atoms with Gasteiger partial charge in [0, 0.05) is 50.9 Å². The Hall–Kier alpha value is -1.85. The van der Waals surface area contributed by atoms with Crippen LogP contribution in [-0.2, 0) is 19.2 Å². The first-order chi connectivity index (χ1) is 13.0. The summed E-state index contributed by atoms with van der Waals surface area (Å²) in [6.07, 6.45) is 7.28. The second-order valence-electron chi connectivity index (χ2n) is 8.52. The lowest BCUT2D eigenvalue weighted by molar-refractivity contribution is -0.155. The fourth-order valence-electron chi connectivity index (χ4n) is 4.99. The molecule has 2 aliphatic rings. The normalized spacial score (nSPS) is 28.5. The molecule has 1 aliphatic carbocycles. The number of rotatable bonds is 5. The standard InChI is InChI=1S/C22H31N3O2/c1-16(2)27-20-9-7-17(8-10-20)13-25-14-18-5-4-6-19(15-25)22(18,26)21-23-11-12-24(21)3/h7-12,16,18-19,26H,4-6,13-15H2,1-3H3. The van der Waals surface area contributed by atoms with Crippen molar-refractivity contribution in [2.75, 3.05) is 13.1 Å². The maximum atomic E-state index is 11.7. The Morgan fingerprint density at radius 3 is 2.41 bits per heavy atom. The van der Waals surface area contributed by atoms with E-state index in [1.807, 2.05) is 31.7 Å². The lowest BCUT2D eigenvalue weighted by Crippen LogP contribution is -2.58. The Bertz CT molecular complexity index is 754. The number of hydrogen-bond acceptors (Lipinski definition) is 4. The van der Waals surface area contributed by atoms with Gasteiger partial charge in [-0.25, -0.2) is 4.98 Å². The highest BCUT2D eigenvalue weighted by atomic mass is 16.5. The van der Waals surface area contributed by atoms with Crippen molar-refractivity contribution in [3.8, 4) is 5.75 Å². The van der Waals surface area contributed by atoms with Crippen LogP contribution in [0.4, 0.5) is 0 Å². The highest BCUT2D eigenvalue weighted by Gasteiger charge is 2.53. The molecule has 2 atom stereocenters. The molecule has 2 unspecified atom stereocenters. The predicted octanol–water partition coefficient (Wildman–Crippen LogP) is 3.33. The second kappa shape index (κ2) is 7.28. The third-order valence-corrected chi connectivity index (χ3v) is 6.19. The number of aryl methyl sites for hydroxylation is 1. The monoisotopic (exact) mass is 369 g/mol. The van der Waals surface area contributed by atoms with Crippen molar-refractivity contribution in [3.05, 3.63) is 48.0 Å². The molecular weight excluding hydrogens is 338 g/mol. The third-order valence-electron chi connectivity index (χ3n) is 6.19. The summed E-state index contributed by atoms with van der Waals surface area (Å²) < 4.78 is 7.74. The average molecular weight is 370 g/mol. The van der Waals surface area contributed by atoms with Gasteiger partial charge < -0.3 is 14.4 Å². The number of nitrogens with zero attached hydrogens (tertiary/aromatic N) is 3. The fraction of sp³-hybridized carbons (Fsp3) is 0.591. The highest BCUT2D eigenvalue weighted by Crippen LogP contribution is 2.48. The number of benzene rings is 1. The van der Waals surface area contributed by atoms with Gasteiger partial charge in [0.05, 0.1) is 6.10 Å². The summed E-state index contributed by atoms with van der Waals surface area (Å²) in [6, 6.07) is 8.44. The molecule has 1 saturated heterocycles. The molecule has 0 radical (unpaired) electrons. The molecule has 146 valence electrons. The van der Waals surface area contributed by atoms with Crippen molar-refractivity contribution in [2.24, 2.45) is 18.9 Å². The van der Waals surface area contributed by atoms with E-state index in [2.05, 4.69) is 34.1 Å². The number of aliphatic hydroxyl groups is 1. The van der Waals surface area contributed by atoms with E-state index in [9.17, 15) is 5.11 Å². The van der Waals surface area contributed by atoms with Crippen LogP contribution in [0.25, 0.3) is 0 Å². The molecule has 1 saturated carbocycles. The first-order valence-corrected chi connectivity index (χ1v) is 10.1. The predicted molar refractivity (Wildman–Crippen MR) is 105 cm³/mol. The van der Waals surface area contributed by atoms with E-state index in [-0.39, 0.29) is 17.9 Å². The second-order valence-corrected chi connectivity index (χ2v) is 8.52. The molecule has 2 bridgehead atoms. The number of ether oxygens (including phenoxy) is 1. The summed E-state index contributed by atoms with van der Waals surface area (Å²) in [7, 11) is 1.99. The summed E-state index contributed by atoms with van der Waals surface area (Å²) >= 11 is 0. The molecule has 1 aliphatic heterocycles. The Balaban J connectivity index is 1.48. The zero-order valence-corrected chi connectivity index (χ0v) is 16.6. The van der Waals surface area contributed by atoms with Crippen LogP contribution in [-0.4, -0.2) is 38.8 Å². The minimum absolute atomic E-state index is 0.195. The number of aromatic nitrogens is 2. The Morgan fingerprint density at radius 1 is 1.19 bits per heavy atom. The zero-order valence-electron chi connectivity index (χ0n) is 16.6. The topological polar surface area (TPSA) is 50.5 Å². The van der Waals surface area contributed by atoms with E-state index in [4.69, 9.17) is 4.74 Å². The molecule has 4 rings (SSSR count). The van der Waals surface area contributed by atoms with Crippen LogP contribution in [0.5, 0.6) is 5.75 Å². The van der Waals surface area contributed by atoms with Gasteiger partial charge in [0.2, 0.25) is 0 Å². The maximum absolute atomic E-state index is 11.7. The number of hydrogen-bond donors (Lipinski definition) is 1. The van der Waals surface area contributed by atoms with Crippen LogP contribution in [0.15, 0.2) is 36.7 Å². The summed E-state index contributed by atoms with van der Waals surface area (Å²) in [5.74, 6) is 2.25. The van der Waals surface area contributed by atoms with E-state index < -0.39 is 5.60 Å². The van der Waals surface area contributed by atoms with Gasteiger partial charge in [-0.3, -0.25) is 4.90 Å². The Morgan fingerprint density at radius 2 is 1.85 bits per heavy atom. The third kappa shape index (κ3) is 3.50. The van der Waals surface area contributed by atoms with Crippen molar-refractivity contribution < 1.29 is 9.84 Å². The maximum Gasteiger partial charge on any atom is 0.141 e. The van der Waals surface area contributed by atoms with Crippen LogP contribution in [0.1, 0.15) is 44.5 Å². The number of imidazole rings is 1. The van der Waals surface area contributed by atoms with E-state index in [1.54, 1.807) is 6.20 Å². The first kappa shape index (κ1) is 18.5. The van der Waals surface area contributed by atoms with Crippen LogP contribution in [0.3, 0.4) is 0 Å². The van der Waals surface area contributed by atoms with Gasteiger partial charge in [0.25, 0.3) is 0 Å². The van der Waals surface area contributed by atoms with Crippen LogP contribution in [0.2, 0.25) is 0 Å². The molecule has 2 fully saturated rings. The van der Waals surface area contributed by atoms with Crippen molar-refractivity contribution in [1.29, 1.82) is 0 Å². The smallest absolute Gasteiger partial charge is 0.141 e. The minimum atomic E-state index is -0.790. The van der Waals surface area contributed by atoms with E-state index in [1.165, 1.54) is 12.0 Å². The summed E-state index contributed by atoms with van der Waals surface area (Å²) in [5, 5.41) is 11.7. The lowest BCUT2D eigenvalue weighted by atomic mass is 9.65. The van der Waals surface area contributed by atoms with Crippen molar-refractivity contribution in [2.45, 2.75) is 51.4 Å². The molecule has 1 aromatic carbocycles. The fourth-order valence-corrected chi connectivity index (χ4v) is 4.99. The molecule has 1 aromatic heterocycles. The molecule has 2 heterocycles. The van der Waals surface area contributed by atoms with Gasteiger partial charge in [-0.2, -0.15) is 0 Å². The van der Waals surface area contributed by atoms with Crippen molar-refractivity contribution in [3.63, 3.8) is 0 Å². The summed E-state index contributed by atoms with van der Waals surface area (Å²) in [4.78, 5) is 7.02. The Kier molecular flexibility index (Phi) is 4.99. The van der Waals surface area contributed by atoms with Crippen LogP contribution < -0.4 is 4.74 Å².